The van der Waals surface area contributed by atoms with Gasteiger partial charge in [-0.1, -0.05) is 24.3 Å². The Morgan fingerprint density at radius 1 is 0.640 bits per heavy atom. The first-order chi connectivity index (χ1) is 11.4. The van der Waals surface area contributed by atoms with Crippen LogP contribution >= 0.6 is 0 Å². The maximum atomic E-state index is 13.4. The summed E-state index contributed by atoms with van der Waals surface area (Å²) in [4.78, 5) is 0. The topological polar surface area (TPSA) is 72.3 Å². The van der Waals surface area contributed by atoms with Gasteiger partial charge >= 0.3 is 12.4 Å². The van der Waals surface area contributed by atoms with Gasteiger partial charge in [-0.2, -0.15) is 26.3 Å². The van der Waals surface area contributed by atoms with E-state index in [1.165, 1.54) is 0 Å². The first kappa shape index (κ1) is 18.9. The lowest BCUT2D eigenvalue weighted by Crippen LogP contribution is -2.60. The van der Waals surface area contributed by atoms with Crippen molar-refractivity contribution in [1.82, 2.24) is 0 Å². The average molecular weight is 364 g/mol. The van der Waals surface area contributed by atoms with Crippen molar-refractivity contribution in [3.63, 3.8) is 0 Å². The Bertz CT molecular complexity index is 663. The van der Waals surface area contributed by atoms with Crippen LogP contribution in [0.3, 0.4) is 0 Å². The van der Waals surface area contributed by atoms with Crippen LogP contribution in [0.5, 0.6) is 0 Å². The smallest absolute Gasteiger partial charge is 0.399 e. The van der Waals surface area contributed by atoms with Crippen molar-refractivity contribution in [1.29, 1.82) is 0 Å². The fourth-order valence-corrected chi connectivity index (χ4v) is 2.54. The zero-order chi connectivity index (χ0) is 19.0. The summed E-state index contributed by atoms with van der Waals surface area (Å²) in [6.07, 6.45) is -11.9. The molecular formula is C16H14F6N2O. The Morgan fingerprint density at radius 2 is 0.920 bits per heavy atom. The van der Waals surface area contributed by atoms with Crippen LogP contribution in [0.1, 0.15) is 17.0 Å². The molecule has 0 radical (unpaired) electrons. The van der Waals surface area contributed by atoms with Crippen molar-refractivity contribution >= 4 is 11.4 Å². The monoisotopic (exact) mass is 364 g/mol. The largest absolute Gasteiger partial charge is 0.427 e. The number of nitrogens with two attached hydrogens (primary N) is 2. The van der Waals surface area contributed by atoms with Crippen LogP contribution in [0.2, 0.25) is 0 Å². The molecule has 5 N–H and O–H groups in total. The molecule has 0 saturated carbocycles. The lowest BCUT2D eigenvalue weighted by atomic mass is 9.76. The highest BCUT2D eigenvalue weighted by Crippen LogP contribution is 2.53. The molecule has 0 bridgehead atoms. The Kier molecular flexibility index (Phi) is 4.65. The first-order valence-electron chi connectivity index (χ1n) is 6.94. The first-order valence-corrected chi connectivity index (χ1v) is 6.94. The van der Waals surface area contributed by atoms with Gasteiger partial charge in [0, 0.05) is 11.4 Å². The molecule has 9 heteroatoms. The van der Waals surface area contributed by atoms with Gasteiger partial charge in [0.1, 0.15) is 0 Å². The molecule has 2 aromatic rings. The Hall–Kier alpha value is -2.42. The third kappa shape index (κ3) is 3.37. The minimum absolute atomic E-state index is 0.155. The fourth-order valence-electron chi connectivity index (χ4n) is 2.54. The van der Waals surface area contributed by atoms with Crippen LogP contribution < -0.4 is 11.5 Å². The van der Waals surface area contributed by atoms with Gasteiger partial charge in [0.2, 0.25) is 0 Å². The highest BCUT2D eigenvalue weighted by molar-refractivity contribution is 5.47. The third-order valence-corrected chi connectivity index (χ3v) is 3.82. The lowest BCUT2D eigenvalue weighted by Gasteiger charge is -2.39. The summed E-state index contributed by atoms with van der Waals surface area (Å²) >= 11 is 0. The Morgan fingerprint density at radius 3 is 1.16 bits per heavy atom. The van der Waals surface area contributed by atoms with Crippen LogP contribution in [0.25, 0.3) is 0 Å². The summed E-state index contributed by atoms with van der Waals surface area (Å²) in [6, 6.07) is 8.69. The molecule has 0 heterocycles. The lowest BCUT2D eigenvalue weighted by molar-refractivity contribution is -0.372. The number of anilines is 2. The van der Waals surface area contributed by atoms with Crippen molar-refractivity contribution < 1.29 is 31.4 Å². The van der Waals surface area contributed by atoms with Crippen molar-refractivity contribution in [2.24, 2.45) is 0 Å². The number of aliphatic hydroxyl groups is 1. The molecule has 0 spiro atoms. The molecule has 2 aromatic carbocycles. The quantitative estimate of drug-likeness (QED) is 0.572. The molecule has 0 fully saturated rings. The summed E-state index contributed by atoms with van der Waals surface area (Å²) in [6.45, 7) is 0. The standard InChI is InChI=1S/C16H14F6N2O/c17-15(18,19)14(25,16(20,21)22)13(9-1-5-11(23)6-2-9)10-3-7-12(24)8-4-10/h1-8,13,25H,23-24H2. The van der Waals surface area contributed by atoms with Crippen LogP contribution in [0.4, 0.5) is 37.7 Å². The van der Waals surface area contributed by atoms with Gasteiger partial charge in [-0.15, -0.1) is 0 Å². The fraction of sp³-hybridized carbons (Fsp3) is 0.250. The van der Waals surface area contributed by atoms with Gasteiger partial charge in [0.15, 0.2) is 0 Å². The van der Waals surface area contributed by atoms with E-state index in [1.807, 2.05) is 0 Å². The summed E-state index contributed by atoms with van der Waals surface area (Å²) < 4.78 is 80.2. The summed E-state index contributed by atoms with van der Waals surface area (Å²) in [7, 11) is 0. The number of benzene rings is 2. The number of alkyl halides is 6. The summed E-state index contributed by atoms with van der Waals surface area (Å²) in [5.41, 5.74) is 5.42. The van der Waals surface area contributed by atoms with Crippen molar-refractivity contribution in [2.45, 2.75) is 23.9 Å². The Labute approximate surface area is 138 Å². The maximum Gasteiger partial charge on any atom is 0.427 e. The summed E-state index contributed by atoms with van der Waals surface area (Å²) in [5, 5.41) is 9.88. The number of hydrogen-bond donors (Lipinski definition) is 3. The summed E-state index contributed by atoms with van der Waals surface area (Å²) in [5.74, 6) is -2.45. The predicted molar refractivity (Wildman–Crippen MR) is 80.6 cm³/mol. The van der Waals surface area contributed by atoms with Crippen molar-refractivity contribution in [2.75, 3.05) is 11.5 Å². The van der Waals surface area contributed by atoms with Crippen molar-refractivity contribution in [3.05, 3.63) is 59.7 Å². The van der Waals surface area contributed by atoms with Crippen LogP contribution in [0.15, 0.2) is 48.5 Å². The molecule has 0 saturated heterocycles. The van der Waals surface area contributed by atoms with Crippen LogP contribution in [0, 0.1) is 0 Å². The molecule has 25 heavy (non-hydrogen) atoms. The molecule has 2 rings (SSSR count). The second kappa shape index (κ2) is 6.14. The van der Waals surface area contributed by atoms with Crippen molar-refractivity contribution in [3.8, 4) is 0 Å². The number of halogens is 6. The number of nitrogen functional groups attached to an aromatic ring is 2. The zero-order valence-electron chi connectivity index (χ0n) is 12.6. The highest BCUT2D eigenvalue weighted by atomic mass is 19.4. The van der Waals surface area contributed by atoms with Gasteiger partial charge in [-0.3, -0.25) is 0 Å². The van der Waals surface area contributed by atoms with E-state index in [0.29, 0.717) is 0 Å². The van der Waals surface area contributed by atoms with E-state index < -0.39 is 35.0 Å². The van der Waals surface area contributed by atoms with Crippen LogP contribution in [-0.4, -0.2) is 23.1 Å². The van der Waals surface area contributed by atoms with E-state index in [0.717, 1.165) is 48.5 Å². The number of hydrogen-bond acceptors (Lipinski definition) is 3. The average Bonchev–Trinajstić information content (AvgIpc) is 2.49. The highest BCUT2D eigenvalue weighted by Gasteiger charge is 2.74. The van der Waals surface area contributed by atoms with Gasteiger partial charge < -0.3 is 16.6 Å². The van der Waals surface area contributed by atoms with Gasteiger partial charge in [-0.05, 0) is 35.4 Å². The SMILES string of the molecule is Nc1ccc(C(c2ccc(N)cc2)C(O)(C(F)(F)F)C(F)(F)F)cc1. The minimum atomic E-state index is -5.97. The second-order valence-electron chi connectivity index (χ2n) is 5.53. The van der Waals surface area contributed by atoms with Gasteiger partial charge in [0.05, 0.1) is 5.92 Å². The molecule has 0 amide bonds. The molecule has 3 nitrogen and oxygen atoms in total. The molecule has 0 atom stereocenters. The Balaban J connectivity index is 2.77. The molecule has 0 unspecified atom stereocenters. The molecule has 0 aliphatic heterocycles. The van der Waals surface area contributed by atoms with E-state index in [4.69, 9.17) is 11.5 Å². The minimum Gasteiger partial charge on any atom is -0.399 e. The van der Waals surface area contributed by atoms with E-state index in [-0.39, 0.29) is 11.4 Å². The van der Waals surface area contributed by atoms with E-state index in [1.54, 1.807) is 0 Å². The van der Waals surface area contributed by atoms with Gasteiger partial charge in [0.25, 0.3) is 5.60 Å². The normalized spacial score (nSPS) is 13.3. The molecule has 0 aromatic heterocycles. The maximum absolute atomic E-state index is 13.4. The van der Waals surface area contributed by atoms with Crippen LogP contribution in [-0.2, 0) is 0 Å². The predicted octanol–water partition coefficient (Wildman–Crippen LogP) is 3.84. The molecule has 0 aliphatic rings. The third-order valence-electron chi connectivity index (χ3n) is 3.82. The molecular weight excluding hydrogens is 350 g/mol. The van der Waals surface area contributed by atoms with E-state index in [2.05, 4.69) is 0 Å². The van der Waals surface area contributed by atoms with E-state index in [9.17, 15) is 31.4 Å². The number of rotatable bonds is 3. The molecule has 136 valence electrons. The zero-order valence-corrected chi connectivity index (χ0v) is 12.6. The van der Waals surface area contributed by atoms with E-state index >= 15 is 0 Å². The van der Waals surface area contributed by atoms with Gasteiger partial charge in [-0.25, -0.2) is 0 Å². The molecule has 0 aliphatic carbocycles. The second-order valence-corrected chi connectivity index (χ2v) is 5.53.